The highest BCUT2D eigenvalue weighted by molar-refractivity contribution is 5.90. The van der Waals surface area contributed by atoms with Gasteiger partial charge in [-0.2, -0.15) is 0 Å². The van der Waals surface area contributed by atoms with E-state index in [-0.39, 0.29) is 0 Å². The van der Waals surface area contributed by atoms with Gasteiger partial charge in [0.1, 0.15) is 0 Å². The molecule has 0 bridgehead atoms. The van der Waals surface area contributed by atoms with E-state index < -0.39 is 0 Å². The van der Waals surface area contributed by atoms with Gasteiger partial charge in [-0.1, -0.05) is 49.1 Å². The van der Waals surface area contributed by atoms with Crippen LogP contribution in [0.3, 0.4) is 0 Å². The van der Waals surface area contributed by atoms with E-state index in [0.717, 1.165) is 22.4 Å². The number of nitrogens with two attached hydrogens (primary N) is 1. The van der Waals surface area contributed by atoms with Gasteiger partial charge in [0, 0.05) is 17.5 Å². The highest BCUT2D eigenvalue weighted by Gasteiger charge is 2.16. The van der Waals surface area contributed by atoms with Crippen LogP contribution >= 0.6 is 0 Å². The maximum Gasteiger partial charge on any atom is 0.0656 e. The molecule has 1 aliphatic rings. The summed E-state index contributed by atoms with van der Waals surface area (Å²) >= 11 is 0. The molecule has 0 aromatic rings. The summed E-state index contributed by atoms with van der Waals surface area (Å²) in [4.78, 5) is 4.69. The zero-order valence-corrected chi connectivity index (χ0v) is 15.5. The van der Waals surface area contributed by atoms with Crippen LogP contribution in [0.1, 0.15) is 34.6 Å². The van der Waals surface area contributed by atoms with Crippen LogP contribution < -0.4 is 5.73 Å². The fraction of sp³-hybridized carbons (Fsp3) is 0.227. The average molecular weight is 320 g/mol. The summed E-state index contributed by atoms with van der Waals surface area (Å²) in [6.07, 6.45) is 13.9. The van der Waals surface area contributed by atoms with E-state index in [1.165, 1.54) is 16.7 Å². The average Bonchev–Trinajstić information content (AvgIpc) is 2.49. The van der Waals surface area contributed by atoms with Crippen molar-refractivity contribution in [3.63, 3.8) is 0 Å². The second-order valence-electron chi connectivity index (χ2n) is 5.92. The molecule has 2 nitrogen and oxygen atoms in total. The summed E-state index contributed by atoms with van der Waals surface area (Å²) in [6, 6.07) is 0. The van der Waals surface area contributed by atoms with Crippen molar-refractivity contribution in [2.24, 2.45) is 10.7 Å². The van der Waals surface area contributed by atoms with Crippen LogP contribution in [-0.2, 0) is 0 Å². The number of hydrogen-bond donors (Lipinski definition) is 1. The molecule has 0 amide bonds. The molecule has 126 valence electrons. The number of aliphatic imine (C=N–C) groups is 1. The quantitative estimate of drug-likeness (QED) is 0.473. The zero-order valence-electron chi connectivity index (χ0n) is 15.5. The van der Waals surface area contributed by atoms with Gasteiger partial charge in [0.2, 0.25) is 0 Å². The van der Waals surface area contributed by atoms with Crippen molar-refractivity contribution in [1.29, 1.82) is 0 Å². The van der Waals surface area contributed by atoms with Crippen molar-refractivity contribution in [1.82, 2.24) is 0 Å². The Labute approximate surface area is 146 Å². The van der Waals surface area contributed by atoms with Gasteiger partial charge >= 0.3 is 0 Å². The fourth-order valence-electron chi connectivity index (χ4n) is 2.58. The van der Waals surface area contributed by atoms with E-state index in [4.69, 9.17) is 10.7 Å². The Bertz CT molecular complexity index is 745. The summed E-state index contributed by atoms with van der Waals surface area (Å²) in [5, 5.41) is 0. The van der Waals surface area contributed by atoms with Crippen molar-refractivity contribution in [3.05, 3.63) is 94.4 Å². The van der Waals surface area contributed by atoms with Crippen LogP contribution in [0.4, 0.5) is 0 Å². The first-order chi connectivity index (χ1) is 11.3. The van der Waals surface area contributed by atoms with E-state index in [1.807, 2.05) is 45.2 Å². The van der Waals surface area contributed by atoms with Crippen molar-refractivity contribution in [2.45, 2.75) is 34.6 Å². The predicted octanol–water partition coefficient (Wildman–Crippen LogP) is 5.71. The predicted molar refractivity (Wildman–Crippen MR) is 108 cm³/mol. The first kappa shape index (κ1) is 19.4. The van der Waals surface area contributed by atoms with Crippen LogP contribution in [0.15, 0.2) is 99.4 Å². The second kappa shape index (κ2) is 8.88. The van der Waals surface area contributed by atoms with Crippen molar-refractivity contribution in [3.8, 4) is 0 Å². The number of allylic oxidation sites excluding steroid dienone is 11. The van der Waals surface area contributed by atoms with E-state index in [0.29, 0.717) is 5.70 Å². The lowest BCUT2D eigenvalue weighted by Crippen LogP contribution is -2.05. The Morgan fingerprint density at radius 3 is 2.21 bits per heavy atom. The molecule has 1 rings (SSSR count). The maximum atomic E-state index is 5.61. The minimum atomic E-state index is 0.521. The van der Waals surface area contributed by atoms with Gasteiger partial charge in [0.05, 0.1) is 5.70 Å². The molecular weight excluding hydrogens is 292 g/mol. The van der Waals surface area contributed by atoms with Gasteiger partial charge in [-0.3, -0.25) is 4.99 Å². The SMILES string of the molecule is C=C(C)\C=C(/C=N/C(=C\C)C(/C=C\C(=C)N)=C/C)C1=C(C)C=C1C. The zero-order chi connectivity index (χ0) is 18.3. The number of nitrogens with zero attached hydrogens (tertiary/aromatic N) is 1. The van der Waals surface area contributed by atoms with Gasteiger partial charge in [-0.05, 0) is 63.0 Å². The molecule has 0 spiro atoms. The molecule has 2 heteroatoms. The van der Waals surface area contributed by atoms with Crippen molar-refractivity contribution < 1.29 is 0 Å². The summed E-state index contributed by atoms with van der Waals surface area (Å²) in [6.45, 7) is 17.9. The minimum Gasteiger partial charge on any atom is -0.399 e. The highest BCUT2D eigenvalue weighted by atomic mass is 14.7. The molecule has 0 atom stereocenters. The Hall–Kier alpha value is -2.61. The van der Waals surface area contributed by atoms with Crippen LogP contribution in [0.5, 0.6) is 0 Å². The third-order valence-corrected chi connectivity index (χ3v) is 3.61. The molecule has 0 saturated carbocycles. The molecule has 0 fully saturated rings. The highest BCUT2D eigenvalue weighted by Crippen LogP contribution is 2.32. The van der Waals surface area contributed by atoms with Crippen LogP contribution in [0.2, 0.25) is 0 Å². The third kappa shape index (κ3) is 5.24. The lowest BCUT2D eigenvalue weighted by Gasteiger charge is -2.20. The van der Waals surface area contributed by atoms with Crippen LogP contribution in [0, 0.1) is 0 Å². The van der Waals surface area contributed by atoms with Crippen molar-refractivity contribution in [2.75, 3.05) is 0 Å². The van der Waals surface area contributed by atoms with Crippen molar-refractivity contribution >= 4 is 6.21 Å². The largest absolute Gasteiger partial charge is 0.399 e. The molecule has 0 saturated heterocycles. The fourth-order valence-corrected chi connectivity index (χ4v) is 2.58. The molecule has 0 radical (unpaired) electrons. The Morgan fingerprint density at radius 1 is 1.12 bits per heavy atom. The summed E-state index contributed by atoms with van der Waals surface area (Å²) in [5.41, 5.74) is 13.9. The Balaban J connectivity index is 3.15. The molecule has 1 aliphatic carbocycles. The van der Waals surface area contributed by atoms with E-state index in [9.17, 15) is 0 Å². The summed E-state index contributed by atoms with van der Waals surface area (Å²) in [7, 11) is 0. The Morgan fingerprint density at radius 2 is 1.79 bits per heavy atom. The first-order valence-corrected chi connectivity index (χ1v) is 8.06. The van der Waals surface area contributed by atoms with Gasteiger partial charge < -0.3 is 5.73 Å². The monoisotopic (exact) mass is 320 g/mol. The first-order valence-electron chi connectivity index (χ1n) is 8.06. The number of hydrogen-bond acceptors (Lipinski definition) is 2. The summed E-state index contributed by atoms with van der Waals surface area (Å²) < 4.78 is 0. The van der Waals surface area contributed by atoms with E-state index in [2.05, 4.69) is 39.2 Å². The molecule has 2 N–H and O–H groups in total. The van der Waals surface area contributed by atoms with E-state index in [1.54, 1.807) is 6.08 Å². The van der Waals surface area contributed by atoms with Crippen LogP contribution in [-0.4, -0.2) is 6.21 Å². The van der Waals surface area contributed by atoms with Gasteiger partial charge in [0.15, 0.2) is 0 Å². The van der Waals surface area contributed by atoms with Crippen LogP contribution in [0.25, 0.3) is 0 Å². The number of rotatable bonds is 7. The lowest BCUT2D eigenvalue weighted by molar-refractivity contribution is 1.22. The van der Waals surface area contributed by atoms with Gasteiger partial charge in [-0.25, -0.2) is 0 Å². The van der Waals surface area contributed by atoms with Gasteiger partial charge in [0.25, 0.3) is 0 Å². The second-order valence-corrected chi connectivity index (χ2v) is 5.92. The smallest absolute Gasteiger partial charge is 0.0656 e. The maximum absolute atomic E-state index is 5.61. The minimum absolute atomic E-state index is 0.521. The topological polar surface area (TPSA) is 38.4 Å². The lowest BCUT2D eigenvalue weighted by atomic mass is 9.85. The molecule has 0 unspecified atom stereocenters. The summed E-state index contributed by atoms with van der Waals surface area (Å²) in [5.74, 6) is 0. The molecule has 0 aromatic carbocycles. The molecule has 0 aliphatic heterocycles. The normalized spacial score (nSPS) is 16.7. The molecule has 0 aromatic heterocycles. The molecule has 0 heterocycles. The standard InChI is InChI=1S/C22H28N2/c1-8-19(11-10-18(7)23)21(9-2)24-14-20(12-15(3)4)22-16(5)13-17(22)6/h8-14H,3,7,23H2,1-2,4-6H3/b11-10-,19-8+,20-12+,21-9-,24-14+. The van der Waals surface area contributed by atoms with E-state index >= 15 is 0 Å². The molecule has 24 heavy (non-hydrogen) atoms. The molecular formula is C22H28N2. The third-order valence-electron chi connectivity index (χ3n) is 3.61. The van der Waals surface area contributed by atoms with Gasteiger partial charge in [-0.15, -0.1) is 0 Å². The Kier molecular flexibility index (Phi) is 7.19.